The number of amides is 1. The van der Waals surface area contributed by atoms with Crippen LogP contribution in [0.25, 0.3) is 0 Å². The van der Waals surface area contributed by atoms with Crippen molar-refractivity contribution in [3.8, 4) is 11.6 Å². The average Bonchev–Trinajstić information content (AvgIpc) is 2.55. The first-order chi connectivity index (χ1) is 10.7. The van der Waals surface area contributed by atoms with Crippen molar-refractivity contribution in [3.05, 3.63) is 52.7 Å². The Hall–Kier alpha value is -2.40. The van der Waals surface area contributed by atoms with Gasteiger partial charge >= 0.3 is 0 Å². The summed E-state index contributed by atoms with van der Waals surface area (Å²) in [6.45, 7) is 0.442. The van der Waals surface area contributed by atoms with Crippen LogP contribution in [0.15, 0.2) is 30.5 Å². The van der Waals surface area contributed by atoms with E-state index in [4.69, 9.17) is 16.2 Å². The van der Waals surface area contributed by atoms with Gasteiger partial charge in [0.05, 0.1) is 5.56 Å². The minimum atomic E-state index is -0.504. The van der Waals surface area contributed by atoms with E-state index in [0.29, 0.717) is 18.0 Å². The van der Waals surface area contributed by atoms with Crippen molar-refractivity contribution in [2.45, 2.75) is 32.2 Å². The lowest BCUT2D eigenvalue weighted by molar-refractivity contribution is 0.1000. The van der Waals surface area contributed by atoms with Gasteiger partial charge in [-0.3, -0.25) is 4.79 Å². The van der Waals surface area contributed by atoms with Gasteiger partial charge in [0.15, 0.2) is 0 Å². The highest BCUT2D eigenvalue weighted by Crippen LogP contribution is 2.33. The number of hydrogen-bond acceptors (Lipinski definition) is 4. The Labute approximate surface area is 129 Å². The predicted octanol–water partition coefficient (Wildman–Crippen LogP) is 2.31. The smallest absolute Gasteiger partial charge is 0.250 e. The third-order valence-corrected chi connectivity index (χ3v) is 4.05. The highest BCUT2D eigenvalue weighted by atomic mass is 16.5. The largest absolute Gasteiger partial charge is 0.439 e. The molecule has 1 heterocycles. The minimum absolute atomic E-state index is 0.358. The Kier molecular flexibility index (Phi) is 4.06. The van der Waals surface area contributed by atoms with Gasteiger partial charge in [-0.25, -0.2) is 4.98 Å². The summed E-state index contributed by atoms with van der Waals surface area (Å²) < 4.78 is 5.86. The van der Waals surface area contributed by atoms with Crippen molar-refractivity contribution in [3.63, 3.8) is 0 Å². The van der Waals surface area contributed by atoms with Crippen LogP contribution in [0.4, 0.5) is 0 Å². The molecule has 0 atom stereocenters. The zero-order chi connectivity index (χ0) is 15.5. The molecule has 3 rings (SSSR count). The number of fused-ring (bicyclic) bond motifs is 1. The number of ether oxygens (including phenoxy) is 1. The molecule has 22 heavy (non-hydrogen) atoms. The topological polar surface area (TPSA) is 91.2 Å². The van der Waals surface area contributed by atoms with Crippen molar-refractivity contribution >= 4 is 5.91 Å². The maximum absolute atomic E-state index is 11.1. The summed E-state index contributed by atoms with van der Waals surface area (Å²) in [7, 11) is 0. The quantitative estimate of drug-likeness (QED) is 0.906. The molecule has 1 amide bonds. The molecule has 0 bridgehead atoms. The number of aromatic nitrogens is 1. The Balaban J connectivity index is 1.90. The number of nitrogens with two attached hydrogens (primary N) is 2. The normalized spacial score (nSPS) is 13.5. The molecule has 0 saturated carbocycles. The molecule has 0 fully saturated rings. The molecule has 2 aromatic rings. The SMILES string of the molecule is NCc1c(Oc2ccc(C(N)=O)cn2)ccc2c1CCCC2. The molecule has 0 spiro atoms. The van der Waals surface area contributed by atoms with Gasteiger partial charge in [0.2, 0.25) is 11.8 Å². The average molecular weight is 297 g/mol. The monoisotopic (exact) mass is 297 g/mol. The van der Waals surface area contributed by atoms with E-state index in [0.717, 1.165) is 24.2 Å². The van der Waals surface area contributed by atoms with Crippen LogP contribution in [0.2, 0.25) is 0 Å². The third kappa shape index (κ3) is 2.80. The van der Waals surface area contributed by atoms with Crippen LogP contribution in [-0.2, 0) is 19.4 Å². The minimum Gasteiger partial charge on any atom is -0.439 e. The molecule has 4 N–H and O–H groups in total. The van der Waals surface area contributed by atoms with Gasteiger partial charge in [0, 0.05) is 24.4 Å². The summed E-state index contributed by atoms with van der Waals surface area (Å²) in [5, 5.41) is 0. The number of primary amides is 1. The molecule has 0 radical (unpaired) electrons. The number of carbonyl (C=O) groups is 1. The first-order valence-electron chi connectivity index (χ1n) is 7.46. The molecular formula is C17H19N3O2. The van der Waals surface area contributed by atoms with Crippen LogP contribution in [0.1, 0.15) is 39.9 Å². The molecule has 1 aromatic carbocycles. The molecule has 0 aliphatic heterocycles. The molecule has 114 valence electrons. The van der Waals surface area contributed by atoms with Crippen LogP contribution >= 0.6 is 0 Å². The summed E-state index contributed by atoms with van der Waals surface area (Å²) in [4.78, 5) is 15.2. The second-order valence-corrected chi connectivity index (χ2v) is 5.44. The number of aryl methyl sites for hydroxylation is 1. The molecule has 5 heteroatoms. The Morgan fingerprint density at radius 3 is 2.68 bits per heavy atom. The Morgan fingerprint density at radius 1 is 1.18 bits per heavy atom. The molecule has 5 nitrogen and oxygen atoms in total. The zero-order valence-corrected chi connectivity index (χ0v) is 12.3. The van der Waals surface area contributed by atoms with Crippen LogP contribution < -0.4 is 16.2 Å². The van der Waals surface area contributed by atoms with Crippen molar-refractivity contribution < 1.29 is 9.53 Å². The number of carbonyl (C=O) groups excluding carboxylic acids is 1. The van der Waals surface area contributed by atoms with E-state index < -0.39 is 5.91 Å². The molecule has 0 saturated heterocycles. The van der Waals surface area contributed by atoms with E-state index >= 15 is 0 Å². The lowest BCUT2D eigenvalue weighted by Gasteiger charge is -2.21. The summed E-state index contributed by atoms with van der Waals surface area (Å²) >= 11 is 0. The lowest BCUT2D eigenvalue weighted by atomic mass is 9.88. The van der Waals surface area contributed by atoms with Gasteiger partial charge in [0.1, 0.15) is 5.75 Å². The standard InChI is InChI=1S/C17H19N3O2/c18-9-14-13-4-2-1-3-11(13)5-7-15(14)22-16-8-6-12(10-20-16)17(19)21/h5-8,10H,1-4,9,18H2,(H2,19,21). The summed E-state index contributed by atoms with van der Waals surface area (Å²) in [6.07, 6.45) is 5.99. The fourth-order valence-corrected chi connectivity index (χ4v) is 2.90. The van der Waals surface area contributed by atoms with E-state index in [1.54, 1.807) is 12.1 Å². The number of nitrogens with zero attached hydrogens (tertiary/aromatic N) is 1. The van der Waals surface area contributed by atoms with E-state index in [2.05, 4.69) is 11.1 Å². The first kappa shape index (κ1) is 14.5. The van der Waals surface area contributed by atoms with Crippen LogP contribution in [0.5, 0.6) is 11.6 Å². The van der Waals surface area contributed by atoms with Gasteiger partial charge in [-0.2, -0.15) is 0 Å². The van der Waals surface area contributed by atoms with E-state index in [-0.39, 0.29) is 0 Å². The van der Waals surface area contributed by atoms with E-state index in [9.17, 15) is 4.79 Å². The van der Waals surface area contributed by atoms with E-state index in [1.165, 1.54) is 30.2 Å². The fourth-order valence-electron chi connectivity index (χ4n) is 2.90. The molecule has 1 aliphatic carbocycles. The lowest BCUT2D eigenvalue weighted by Crippen LogP contribution is -2.12. The molecule has 1 aromatic heterocycles. The molecule has 1 aliphatic rings. The predicted molar refractivity (Wildman–Crippen MR) is 83.8 cm³/mol. The van der Waals surface area contributed by atoms with Crippen molar-refractivity contribution in [1.82, 2.24) is 4.98 Å². The van der Waals surface area contributed by atoms with Crippen molar-refractivity contribution in [1.29, 1.82) is 0 Å². The summed E-state index contributed by atoms with van der Waals surface area (Å²) in [5.41, 5.74) is 15.2. The van der Waals surface area contributed by atoms with Crippen molar-refractivity contribution in [2.24, 2.45) is 11.5 Å². The summed E-state index contributed by atoms with van der Waals surface area (Å²) in [5.74, 6) is 0.661. The number of hydrogen-bond donors (Lipinski definition) is 2. The van der Waals surface area contributed by atoms with Gasteiger partial charge in [-0.05, 0) is 48.9 Å². The third-order valence-electron chi connectivity index (χ3n) is 4.05. The Morgan fingerprint density at radius 2 is 2.00 bits per heavy atom. The maximum Gasteiger partial charge on any atom is 0.250 e. The van der Waals surface area contributed by atoms with Gasteiger partial charge in [-0.1, -0.05) is 6.07 Å². The second-order valence-electron chi connectivity index (χ2n) is 5.44. The molecule has 0 unspecified atom stereocenters. The van der Waals surface area contributed by atoms with Gasteiger partial charge in [-0.15, -0.1) is 0 Å². The summed E-state index contributed by atoms with van der Waals surface area (Å²) in [6, 6.07) is 7.31. The zero-order valence-electron chi connectivity index (χ0n) is 12.3. The highest BCUT2D eigenvalue weighted by molar-refractivity contribution is 5.92. The highest BCUT2D eigenvalue weighted by Gasteiger charge is 2.17. The fraction of sp³-hybridized carbons (Fsp3) is 0.294. The first-order valence-corrected chi connectivity index (χ1v) is 7.46. The van der Waals surface area contributed by atoms with Crippen LogP contribution in [-0.4, -0.2) is 10.9 Å². The number of pyridine rings is 1. The number of benzene rings is 1. The number of rotatable bonds is 4. The van der Waals surface area contributed by atoms with Gasteiger partial charge < -0.3 is 16.2 Å². The Bertz CT molecular complexity index is 696. The van der Waals surface area contributed by atoms with Crippen LogP contribution in [0, 0.1) is 0 Å². The maximum atomic E-state index is 11.1. The molecular weight excluding hydrogens is 278 g/mol. The second kappa shape index (κ2) is 6.15. The van der Waals surface area contributed by atoms with Crippen molar-refractivity contribution in [2.75, 3.05) is 0 Å². The van der Waals surface area contributed by atoms with E-state index in [1.807, 2.05) is 6.07 Å². The van der Waals surface area contributed by atoms with Gasteiger partial charge in [0.25, 0.3) is 0 Å². The van der Waals surface area contributed by atoms with Crippen LogP contribution in [0.3, 0.4) is 0 Å².